The highest BCUT2D eigenvalue weighted by atomic mass is 16.5. The maximum Gasteiger partial charge on any atom is 0.260 e. The molecule has 0 spiro atoms. The minimum Gasteiger partial charge on any atom is -0.479 e. The summed E-state index contributed by atoms with van der Waals surface area (Å²) < 4.78 is 12.2. The van der Waals surface area contributed by atoms with Gasteiger partial charge in [-0.2, -0.15) is 4.98 Å². The maximum absolute atomic E-state index is 12.8. The van der Waals surface area contributed by atoms with E-state index in [1.54, 1.807) is 17.9 Å². The van der Waals surface area contributed by atoms with Crippen LogP contribution < -0.4 is 4.74 Å². The van der Waals surface area contributed by atoms with Crippen molar-refractivity contribution in [1.29, 1.82) is 0 Å². The Morgan fingerprint density at radius 2 is 2.24 bits per heavy atom. The van der Waals surface area contributed by atoms with Crippen molar-refractivity contribution in [3.05, 3.63) is 23.5 Å². The highest BCUT2D eigenvalue weighted by molar-refractivity contribution is 5.96. The molecule has 0 N–H and O–H groups in total. The number of carbonyl (C=O) groups excluding carboxylic acids is 1. The Bertz CT molecular complexity index is 764. The van der Waals surface area contributed by atoms with Gasteiger partial charge in [-0.25, -0.2) is 0 Å². The molecule has 25 heavy (non-hydrogen) atoms. The molecule has 2 fully saturated rings. The zero-order chi connectivity index (χ0) is 17.4. The number of ether oxygens (including phenoxy) is 1. The van der Waals surface area contributed by atoms with Crippen LogP contribution in [0.1, 0.15) is 53.7 Å². The molecule has 1 atom stereocenters. The molecule has 2 aromatic rings. The monoisotopic (exact) mass is 345 g/mol. The average molecular weight is 345 g/mol. The van der Waals surface area contributed by atoms with Crippen molar-refractivity contribution in [1.82, 2.24) is 24.8 Å². The number of rotatable bonds is 5. The van der Waals surface area contributed by atoms with Crippen molar-refractivity contribution >= 4 is 5.91 Å². The molecule has 1 aliphatic carbocycles. The predicted molar refractivity (Wildman–Crippen MR) is 88.4 cm³/mol. The predicted octanol–water partition coefficient (Wildman–Crippen LogP) is 1.78. The van der Waals surface area contributed by atoms with E-state index in [9.17, 15) is 4.79 Å². The van der Waals surface area contributed by atoms with Crippen LogP contribution in [0.15, 0.2) is 10.7 Å². The molecule has 1 saturated heterocycles. The fourth-order valence-corrected chi connectivity index (χ4v) is 3.46. The maximum atomic E-state index is 12.8. The highest BCUT2D eigenvalue weighted by Crippen LogP contribution is 2.38. The number of piperidine rings is 1. The molecule has 1 amide bonds. The van der Waals surface area contributed by atoms with Gasteiger partial charge >= 0.3 is 0 Å². The Morgan fingerprint density at radius 3 is 3.00 bits per heavy atom. The summed E-state index contributed by atoms with van der Waals surface area (Å²) in [7, 11) is 3.32. The molecule has 1 unspecified atom stereocenters. The van der Waals surface area contributed by atoms with E-state index in [4.69, 9.17) is 9.26 Å². The summed E-state index contributed by atoms with van der Waals surface area (Å²) in [4.78, 5) is 19.2. The minimum absolute atomic E-state index is 0.0288. The normalized spacial score (nSPS) is 20.7. The zero-order valence-corrected chi connectivity index (χ0v) is 14.6. The highest BCUT2D eigenvalue weighted by Gasteiger charge is 2.31. The fraction of sp³-hybridized carbons (Fsp3) is 0.647. The quantitative estimate of drug-likeness (QED) is 0.821. The number of aromatic nitrogens is 4. The third-order valence-corrected chi connectivity index (χ3v) is 4.91. The lowest BCUT2D eigenvalue weighted by Crippen LogP contribution is -2.40. The summed E-state index contributed by atoms with van der Waals surface area (Å²) in [6, 6.07) is 0. The van der Waals surface area contributed by atoms with Gasteiger partial charge in [0, 0.05) is 38.7 Å². The van der Waals surface area contributed by atoms with Crippen molar-refractivity contribution in [2.24, 2.45) is 13.0 Å². The van der Waals surface area contributed by atoms with Gasteiger partial charge in [-0.1, -0.05) is 5.16 Å². The molecule has 4 rings (SSSR count). The molecule has 0 aromatic carbocycles. The van der Waals surface area contributed by atoms with Crippen molar-refractivity contribution in [3.8, 4) is 5.88 Å². The Balaban J connectivity index is 1.42. The minimum atomic E-state index is -0.0288. The molecular formula is C17H23N5O3. The van der Waals surface area contributed by atoms with Gasteiger partial charge in [0.25, 0.3) is 5.91 Å². The second-order valence-electron chi connectivity index (χ2n) is 7.01. The molecule has 1 saturated carbocycles. The Morgan fingerprint density at radius 1 is 1.40 bits per heavy atom. The first-order valence-electron chi connectivity index (χ1n) is 8.83. The number of methoxy groups -OCH3 is 1. The molecule has 0 radical (unpaired) electrons. The molecule has 134 valence electrons. The van der Waals surface area contributed by atoms with Gasteiger partial charge in [-0.3, -0.25) is 9.48 Å². The Labute approximate surface area is 146 Å². The molecule has 3 heterocycles. The number of nitrogens with zero attached hydrogens (tertiary/aromatic N) is 5. The summed E-state index contributed by atoms with van der Waals surface area (Å²) >= 11 is 0. The van der Waals surface area contributed by atoms with Crippen LogP contribution in [0.5, 0.6) is 5.88 Å². The number of carbonyl (C=O) groups is 1. The standard InChI is InChI=1S/C17H23N5O3/c1-21-10-13(16(19-21)24-2)17(23)22-7-3-4-11(9-22)8-14-18-15(20-25-14)12-5-6-12/h10-12H,3-9H2,1-2H3. The molecule has 8 heteroatoms. The second-order valence-corrected chi connectivity index (χ2v) is 7.01. The number of likely N-dealkylation sites (tertiary alicyclic amines) is 1. The lowest BCUT2D eigenvalue weighted by Gasteiger charge is -2.32. The van der Waals surface area contributed by atoms with Crippen molar-refractivity contribution < 1.29 is 14.1 Å². The molecule has 8 nitrogen and oxygen atoms in total. The van der Waals surface area contributed by atoms with Crippen LogP contribution in [-0.4, -0.2) is 50.9 Å². The topological polar surface area (TPSA) is 86.3 Å². The van der Waals surface area contributed by atoms with Crippen LogP contribution in [0.2, 0.25) is 0 Å². The first kappa shape index (κ1) is 16.1. The summed E-state index contributed by atoms with van der Waals surface area (Å²) in [5.74, 6) is 2.73. The summed E-state index contributed by atoms with van der Waals surface area (Å²) in [5.41, 5.74) is 0.513. The third kappa shape index (κ3) is 3.38. The summed E-state index contributed by atoms with van der Waals surface area (Å²) in [6.07, 6.45) is 6.81. The van der Waals surface area contributed by atoms with Gasteiger partial charge in [-0.05, 0) is 31.6 Å². The molecule has 0 bridgehead atoms. The van der Waals surface area contributed by atoms with E-state index in [1.165, 1.54) is 7.11 Å². The van der Waals surface area contributed by atoms with Gasteiger partial charge in [0.05, 0.1) is 7.11 Å². The molecule has 1 aliphatic heterocycles. The van der Waals surface area contributed by atoms with Crippen LogP contribution in [0, 0.1) is 5.92 Å². The Kier molecular flexibility index (Phi) is 4.19. The van der Waals surface area contributed by atoms with E-state index >= 15 is 0 Å². The van der Waals surface area contributed by atoms with Crippen molar-refractivity contribution in [2.45, 2.75) is 38.0 Å². The van der Waals surface area contributed by atoms with Crippen molar-refractivity contribution in [2.75, 3.05) is 20.2 Å². The summed E-state index contributed by atoms with van der Waals surface area (Å²) in [5, 5.41) is 8.25. The lowest BCUT2D eigenvalue weighted by atomic mass is 9.94. The van der Waals surface area contributed by atoms with Gasteiger partial charge < -0.3 is 14.2 Å². The van der Waals surface area contributed by atoms with E-state index in [1.807, 2.05) is 4.90 Å². The van der Waals surface area contributed by atoms with E-state index < -0.39 is 0 Å². The molecule has 2 aliphatic rings. The SMILES string of the molecule is COc1nn(C)cc1C(=O)N1CCCC(Cc2nc(C3CC3)no2)C1. The van der Waals surface area contributed by atoms with Gasteiger partial charge in [0.1, 0.15) is 5.56 Å². The number of amides is 1. The van der Waals surface area contributed by atoms with Gasteiger partial charge in [0.2, 0.25) is 11.8 Å². The number of hydrogen-bond donors (Lipinski definition) is 0. The van der Waals surface area contributed by atoms with Crippen LogP contribution in [0.4, 0.5) is 0 Å². The van der Waals surface area contributed by atoms with Crippen molar-refractivity contribution in [3.63, 3.8) is 0 Å². The van der Waals surface area contributed by atoms with E-state index in [2.05, 4.69) is 15.2 Å². The molecular weight excluding hydrogens is 322 g/mol. The number of hydrogen-bond acceptors (Lipinski definition) is 6. The van der Waals surface area contributed by atoms with E-state index in [0.717, 1.165) is 44.5 Å². The van der Waals surface area contributed by atoms with Gasteiger partial charge in [0.15, 0.2) is 5.82 Å². The van der Waals surface area contributed by atoms with Crippen LogP contribution in [0.25, 0.3) is 0 Å². The number of aryl methyl sites for hydroxylation is 1. The van der Waals surface area contributed by atoms with E-state index in [-0.39, 0.29) is 5.91 Å². The first-order valence-corrected chi connectivity index (χ1v) is 8.83. The lowest BCUT2D eigenvalue weighted by molar-refractivity contribution is 0.0664. The zero-order valence-electron chi connectivity index (χ0n) is 14.6. The first-order chi connectivity index (χ1) is 12.1. The fourth-order valence-electron chi connectivity index (χ4n) is 3.46. The average Bonchev–Trinajstić information content (AvgIpc) is 3.25. The largest absolute Gasteiger partial charge is 0.479 e. The Hall–Kier alpha value is -2.38. The second kappa shape index (κ2) is 6.50. The van der Waals surface area contributed by atoms with E-state index in [0.29, 0.717) is 35.7 Å². The van der Waals surface area contributed by atoms with Crippen LogP contribution in [-0.2, 0) is 13.5 Å². The molecule has 2 aromatic heterocycles. The van der Waals surface area contributed by atoms with Crippen LogP contribution >= 0.6 is 0 Å². The van der Waals surface area contributed by atoms with Crippen LogP contribution in [0.3, 0.4) is 0 Å². The smallest absolute Gasteiger partial charge is 0.260 e. The third-order valence-electron chi connectivity index (χ3n) is 4.91. The summed E-state index contributed by atoms with van der Waals surface area (Å²) in [6.45, 7) is 1.45. The van der Waals surface area contributed by atoms with Gasteiger partial charge in [-0.15, -0.1) is 5.10 Å².